The molecule has 0 radical (unpaired) electrons. The van der Waals surface area contributed by atoms with Crippen LogP contribution in [0.1, 0.15) is 36.7 Å². The van der Waals surface area contributed by atoms with Crippen molar-refractivity contribution in [1.82, 2.24) is 0 Å². The van der Waals surface area contributed by atoms with Gasteiger partial charge in [-0.2, -0.15) is 0 Å². The second kappa shape index (κ2) is 4.70. The van der Waals surface area contributed by atoms with E-state index in [0.29, 0.717) is 5.92 Å². The van der Waals surface area contributed by atoms with Crippen LogP contribution in [0.25, 0.3) is 10.8 Å². The van der Waals surface area contributed by atoms with Gasteiger partial charge in [0, 0.05) is 5.56 Å². The molecule has 0 spiro atoms. The predicted molar refractivity (Wildman–Crippen MR) is 72.5 cm³/mol. The predicted octanol–water partition coefficient (Wildman–Crippen LogP) is 4.24. The lowest BCUT2D eigenvalue weighted by atomic mass is 9.92. The summed E-state index contributed by atoms with van der Waals surface area (Å²) < 4.78 is 0. The molecule has 17 heavy (non-hydrogen) atoms. The Morgan fingerprint density at radius 1 is 1.12 bits per heavy atom. The van der Waals surface area contributed by atoms with Gasteiger partial charge in [-0.05, 0) is 35.6 Å². The lowest BCUT2D eigenvalue weighted by Crippen LogP contribution is -2.00. The summed E-state index contributed by atoms with van der Waals surface area (Å²) >= 11 is 0. The lowest BCUT2D eigenvalue weighted by Gasteiger charge is -2.11. The van der Waals surface area contributed by atoms with Crippen LogP contribution in [0.2, 0.25) is 0 Å². The Morgan fingerprint density at radius 2 is 1.76 bits per heavy atom. The first-order valence-corrected chi connectivity index (χ1v) is 6.11. The summed E-state index contributed by atoms with van der Waals surface area (Å²) in [6.45, 7) is 6.05. The van der Waals surface area contributed by atoms with Gasteiger partial charge in [0.05, 0.1) is 0 Å². The minimum atomic E-state index is 0.145. The summed E-state index contributed by atoms with van der Waals surface area (Å²) in [5, 5.41) is 2.30. The number of carbonyl (C=O) groups is 1. The van der Waals surface area contributed by atoms with Gasteiger partial charge >= 0.3 is 0 Å². The molecular weight excluding hydrogens is 208 g/mol. The maximum Gasteiger partial charge on any atom is 0.160 e. The van der Waals surface area contributed by atoms with Crippen LogP contribution in [0.5, 0.6) is 0 Å². The van der Waals surface area contributed by atoms with Crippen LogP contribution in [0.15, 0.2) is 36.4 Å². The number of Topliss-reactive ketones (excluding diaryl/α,β-unsaturated/α-hetero) is 1. The van der Waals surface area contributed by atoms with Crippen molar-refractivity contribution in [3.05, 3.63) is 47.5 Å². The average molecular weight is 226 g/mol. The Kier molecular flexibility index (Phi) is 3.28. The molecule has 0 N–H and O–H groups in total. The molecule has 0 atom stereocenters. The Bertz CT molecular complexity index is 547. The van der Waals surface area contributed by atoms with Crippen molar-refractivity contribution in [2.75, 3.05) is 0 Å². The second-order valence-corrected chi connectivity index (χ2v) is 4.97. The summed E-state index contributed by atoms with van der Waals surface area (Å²) in [5.74, 6) is 0.743. The quantitative estimate of drug-likeness (QED) is 0.715. The zero-order chi connectivity index (χ0) is 12.4. The zero-order valence-corrected chi connectivity index (χ0v) is 10.7. The smallest absolute Gasteiger partial charge is 0.160 e. The van der Waals surface area contributed by atoms with Crippen molar-refractivity contribution < 1.29 is 4.79 Å². The molecule has 0 aromatic heterocycles. The molecule has 0 saturated heterocycles. The van der Waals surface area contributed by atoms with Gasteiger partial charge in [-0.3, -0.25) is 4.79 Å². The minimum absolute atomic E-state index is 0.145. The zero-order valence-electron chi connectivity index (χ0n) is 10.7. The molecule has 0 aliphatic carbocycles. The van der Waals surface area contributed by atoms with Gasteiger partial charge in [-0.25, -0.2) is 0 Å². The Balaban J connectivity index is 2.71. The summed E-state index contributed by atoms with van der Waals surface area (Å²) in [6.07, 6.45) is 1.02. The van der Waals surface area contributed by atoms with E-state index in [4.69, 9.17) is 0 Å². The van der Waals surface area contributed by atoms with E-state index in [1.165, 1.54) is 5.56 Å². The molecule has 0 fully saturated rings. The molecule has 0 heterocycles. The number of hydrogen-bond donors (Lipinski definition) is 0. The molecule has 0 aliphatic heterocycles. The third-order valence-corrected chi connectivity index (χ3v) is 3.00. The number of rotatable bonds is 3. The van der Waals surface area contributed by atoms with E-state index in [9.17, 15) is 4.79 Å². The normalized spacial score (nSPS) is 11.1. The highest BCUT2D eigenvalue weighted by Gasteiger charge is 2.10. The summed E-state index contributed by atoms with van der Waals surface area (Å²) in [7, 11) is 0. The highest BCUT2D eigenvalue weighted by atomic mass is 16.1. The molecular formula is C16H18O. The van der Waals surface area contributed by atoms with Crippen LogP contribution in [0, 0.1) is 5.92 Å². The standard InChI is InChI=1S/C16H18O/c1-11(2)10-14-8-4-6-13-7-5-9-15(12(3)17)16(13)14/h4-9,11H,10H2,1-3H3. The van der Waals surface area contributed by atoms with Gasteiger partial charge < -0.3 is 0 Å². The lowest BCUT2D eigenvalue weighted by molar-refractivity contribution is 0.101. The second-order valence-electron chi connectivity index (χ2n) is 4.97. The van der Waals surface area contributed by atoms with Gasteiger partial charge in [-0.15, -0.1) is 0 Å². The molecule has 88 valence electrons. The molecule has 0 aliphatic rings. The van der Waals surface area contributed by atoms with Gasteiger partial charge in [-0.1, -0.05) is 50.2 Å². The van der Waals surface area contributed by atoms with E-state index in [-0.39, 0.29) is 5.78 Å². The van der Waals surface area contributed by atoms with Crippen LogP contribution >= 0.6 is 0 Å². The molecule has 1 nitrogen and oxygen atoms in total. The summed E-state index contributed by atoms with van der Waals surface area (Å²) in [5.41, 5.74) is 2.13. The topological polar surface area (TPSA) is 17.1 Å². The van der Waals surface area contributed by atoms with Crippen molar-refractivity contribution in [2.24, 2.45) is 5.92 Å². The van der Waals surface area contributed by atoms with E-state index in [2.05, 4.69) is 38.1 Å². The molecule has 0 unspecified atom stereocenters. The van der Waals surface area contributed by atoms with Crippen LogP contribution in [0.4, 0.5) is 0 Å². The molecule has 0 amide bonds. The maximum atomic E-state index is 11.7. The number of carbonyl (C=O) groups excluding carboxylic acids is 1. The summed E-state index contributed by atoms with van der Waals surface area (Å²) in [6, 6.07) is 12.2. The fraction of sp³-hybridized carbons (Fsp3) is 0.312. The van der Waals surface area contributed by atoms with E-state index >= 15 is 0 Å². The van der Waals surface area contributed by atoms with Gasteiger partial charge in [0.15, 0.2) is 5.78 Å². The van der Waals surface area contributed by atoms with E-state index in [1.807, 2.05) is 12.1 Å². The molecule has 0 bridgehead atoms. The van der Waals surface area contributed by atoms with Crippen molar-refractivity contribution in [3.8, 4) is 0 Å². The van der Waals surface area contributed by atoms with Crippen molar-refractivity contribution in [3.63, 3.8) is 0 Å². The number of hydrogen-bond acceptors (Lipinski definition) is 1. The third-order valence-electron chi connectivity index (χ3n) is 3.00. The summed E-state index contributed by atoms with van der Waals surface area (Å²) in [4.78, 5) is 11.7. The number of ketones is 1. The monoisotopic (exact) mass is 226 g/mol. The first kappa shape index (κ1) is 11.8. The molecule has 2 rings (SSSR count). The highest BCUT2D eigenvalue weighted by Crippen LogP contribution is 2.25. The van der Waals surface area contributed by atoms with Crippen LogP contribution < -0.4 is 0 Å². The van der Waals surface area contributed by atoms with E-state index in [0.717, 1.165) is 22.8 Å². The Morgan fingerprint density at radius 3 is 2.35 bits per heavy atom. The fourth-order valence-corrected chi connectivity index (χ4v) is 2.32. The number of benzene rings is 2. The van der Waals surface area contributed by atoms with Crippen LogP contribution in [-0.4, -0.2) is 5.78 Å². The van der Waals surface area contributed by atoms with E-state index in [1.54, 1.807) is 6.92 Å². The van der Waals surface area contributed by atoms with Crippen molar-refractivity contribution in [1.29, 1.82) is 0 Å². The SMILES string of the molecule is CC(=O)c1cccc2cccc(CC(C)C)c12. The van der Waals surface area contributed by atoms with Crippen molar-refractivity contribution in [2.45, 2.75) is 27.2 Å². The maximum absolute atomic E-state index is 11.7. The molecule has 0 saturated carbocycles. The first-order valence-electron chi connectivity index (χ1n) is 6.11. The van der Waals surface area contributed by atoms with Crippen LogP contribution in [-0.2, 0) is 6.42 Å². The molecule has 1 heteroatoms. The van der Waals surface area contributed by atoms with Gasteiger partial charge in [0.2, 0.25) is 0 Å². The minimum Gasteiger partial charge on any atom is -0.294 e. The van der Waals surface area contributed by atoms with Gasteiger partial charge in [0.25, 0.3) is 0 Å². The van der Waals surface area contributed by atoms with Crippen LogP contribution in [0.3, 0.4) is 0 Å². The number of fused-ring (bicyclic) bond motifs is 1. The Labute approximate surface area is 102 Å². The highest BCUT2D eigenvalue weighted by molar-refractivity contribution is 6.08. The fourth-order valence-electron chi connectivity index (χ4n) is 2.32. The Hall–Kier alpha value is -1.63. The largest absolute Gasteiger partial charge is 0.294 e. The van der Waals surface area contributed by atoms with E-state index < -0.39 is 0 Å². The van der Waals surface area contributed by atoms with Crippen molar-refractivity contribution >= 4 is 16.6 Å². The van der Waals surface area contributed by atoms with Gasteiger partial charge in [0.1, 0.15) is 0 Å². The third kappa shape index (κ3) is 2.38. The average Bonchev–Trinajstić information content (AvgIpc) is 2.27. The molecule has 2 aromatic carbocycles. The molecule has 2 aromatic rings. The first-order chi connectivity index (χ1) is 8.09.